The van der Waals surface area contributed by atoms with Gasteiger partial charge in [0.2, 0.25) is 10.0 Å². The number of nitrogens with one attached hydrogen (secondary N) is 1. The largest absolute Gasteiger partial charge is 0.495 e. The number of ether oxygens (including phenoxy) is 2. The molecule has 30 heavy (non-hydrogen) atoms. The van der Waals surface area contributed by atoms with Crippen LogP contribution in [0, 0.1) is 0 Å². The summed E-state index contributed by atoms with van der Waals surface area (Å²) in [6.45, 7) is 0.970. The smallest absolute Gasteiger partial charge is 0.265 e. The van der Waals surface area contributed by atoms with Crippen LogP contribution in [0.2, 0.25) is 5.02 Å². The topological polar surface area (TPSA) is 84.9 Å². The zero-order chi connectivity index (χ0) is 21.3. The number of amides is 1. The number of piperidine rings is 1. The van der Waals surface area contributed by atoms with Crippen LogP contribution in [0.4, 0.5) is 5.69 Å². The summed E-state index contributed by atoms with van der Waals surface area (Å²) in [6, 6.07) is 9.84. The third kappa shape index (κ3) is 4.12. The molecule has 0 bridgehead atoms. The molecule has 0 spiro atoms. The van der Waals surface area contributed by atoms with Crippen molar-refractivity contribution in [3.05, 3.63) is 47.0 Å². The molecule has 7 nitrogen and oxygen atoms in total. The Morgan fingerprint density at radius 3 is 2.67 bits per heavy atom. The molecule has 0 saturated carbocycles. The van der Waals surface area contributed by atoms with E-state index in [4.69, 9.17) is 21.1 Å². The van der Waals surface area contributed by atoms with Crippen molar-refractivity contribution in [1.82, 2.24) is 4.31 Å². The Bertz CT molecular complexity index is 1070. The van der Waals surface area contributed by atoms with Gasteiger partial charge in [0.1, 0.15) is 16.4 Å². The lowest BCUT2D eigenvalue weighted by atomic mass is 10.1. The van der Waals surface area contributed by atoms with Crippen molar-refractivity contribution in [3.8, 4) is 11.5 Å². The molecule has 0 aliphatic carbocycles. The first kappa shape index (κ1) is 21.0. The highest BCUT2D eigenvalue weighted by Crippen LogP contribution is 2.33. The number of benzene rings is 2. The molecule has 2 heterocycles. The summed E-state index contributed by atoms with van der Waals surface area (Å²) in [5.41, 5.74) is 1.24. The Morgan fingerprint density at radius 2 is 1.93 bits per heavy atom. The van der Waals surface area contributed by atoms with Gasteiger partial charge in [0.05, 0.1) is 7.11 Å². The summed E-state index contributed by atoms with van der Waals surface area (Å²) in [5.74, 6) is 0.522. The number of rotatable bonds is 5. The van der Waals surface area contributed by atoms with Crippen LogP contribution in [0.3, 0.4) is 0 Å². The highest BCUT2D eigenvalue weighted by Gasteiger charge is 2.31. The summed E-state index contributed by atoms with van der Waals surface area (Å²) in [6.07, 6.45) is 2.39. The van der Waals surface area contributed by atoms with Gasteiger partial charge in [0.15, 0.2) is 6.10 Å². The number of nitrogens with zero attached hydrogens (tertiary/aromatic N) is 1. The van der Waals surface area contributed by atoms with E-state index in [0.29, 0.717) is 36.0 Å². The van der Waals surface area contributed by atoms with Gasteiger partial charge in [0, 0.05) is 30.2 Å². The molecule has 1 saturated heterocycles. The standard InChI is InChI=1S/C21H23ClN2O5S/c1-28-18-8-6-16(13-20(18)30(26,27)24-9-3-2-4-10-24)23-21(25)19-12-14-11-15(22)5-7-17(14)29-19/h5-8,11,13,19H,2-4,9-10,12H2,1H3,(H,23,25). The van der Waals surface area contributed by atoms with E-state index in [1.54, 1.807) is 30.3 Å². The minimum absolute atomic E-state index is 0.0482. The van der Waals surface area contributed by atoms with Crippen LogP contribution in [-0.2, 0) is 21.2 Å². The molecule has 0 aromatic heterocycles. The van der Waals surface area contributed by atoms with Gasteiger partial charge in [-0.3, -0.25) is 4.79 Å². The number of hydrogen-bond acceptors (Lipinski definition) is 5. The molecule has 2 aromatic carbocycles. The fourth-order valence-electron chi connectivity index (χ4n) is 3.79. The van der Waals surface area contributed by atoms with E-state index >= 15 is 0 Å². The summed E-state index contributed by atoms with van der Waals surface area (Å²) < 4.78 is 38.7. The molecular weight excluding hydrogens is 428 g/mol. The van der Waals surface area contributed by atoms with Crippen molar-refractivity contribution in [3.63, 3.8) is 0 Å². The first-order chi connectivity index (χ1) is 14.4. The van der Waals surface area contributed by atoms with E-state index in [0.717, 1.165) is 24.8 Å². The fourth-order valence-corrected chi connectivity index (χ4v) is 5.68. The third-order valence-corrected chi connectivity index (χ3v) is 7.51. The minimum Gasteiger partial charge on any atom is -0.495 e. The van der Waals surface area contributed by atoms with Crippen LogP contribution in [0.5, 0.6) is 11.5 Å². The zero-order valence-corrected chi connectivity index (χ0v) is 18.1. The number of sulfonamides is 1. The number of fused-ring (bicyclic) bond motifs is 1. The van der Waals surface area contributed by atoms with Crippen LogP contribution in [0.25, 0.3) is 0 Å². The molecule has 1 amide bonds. The Kier molecular flexibility index (Phi) is 5.90. The van der Waals surface area contributed by atoms with Crippen molar-refractivity contribution >= 4 is 33.2 Å². The number of carbonyl (C=O) groups excluding carboxylic acids is 1. The Balaban J connectivity index is 1.54. The molecule has 9 heteroatoms. The Hall–Kier alpha value is -2.29. The maximum Gasteiger partial charge on any atom is 0.265 e. The summed E-state index contributed by atoms with van der Waals surface area (Å²) in [5, 5.41) is 3.35. The predicted octanol–water partition coefficient (Wildman–Crippen LogP) is 3.47. The fraction of sp³-hybridized carbons (Fsp3) is 0.381. The van der Waals surface area contributed by atoms with E-state index in [2.05, 4.69) is 5.32 Å². The molecule has 1 fully saturated rings. The Labute approximate surface area is 181 Å². The third-order valence-electron chi connectivity index (χ3n) is 5.35. The number of anilines is 1. The van der Waals surface area contributed by atoms with Gasteiger partial charge < -0.3 is 14.8 Å². The van der Waals surface area contributed by atoms with Gasteiger partial charge in [-0.05, 0) is 54.8 Å². The maximum atomic E-state index is 13.1. The van der Waals surface area contributed by atoms with E-state index in [1.165, 1.54) is 17.5 Å². The van der Waals surface area contributed by atoms with Crippen molar-refractivity contribution in [2.75, 3.05) is 25.5 Å². The van der Waals surface area contributed by atoms with E-state index in [1.807, 2.05) is 0 Å². The first-order valence-corrected chi connectivity index (χ1v) is 11.6. The molecule has 2 aromatic rings. The quantitative estimate of drug-likeness (QED) is 0.754. The van der Waals surface area contributed by atoms with E-state index in [9.17, 15) is 13.2 Å². The second kappa shape index (κ2) is 8.45. The van der Waals surface area contributed by atoms with Gasteiger partial charge in [0.25, 0.3) is 5.91 Å². The molecule has 2 aliphatic heterocycles. The molecule has 1 N–H and O–H groups in total. The average Bonchev–Trinajstić information content (AvgIpc) is 3.17. The monoisotopic (exact) mass is 450 g/mol. The maximum absolute atomic E-state index is 13.1. The lowest BCUT2D eigenvalue weighted by Crippen LogP contribution is -2.36. The molecule has 0 radical (unpaired) electrons. The van der Waals surface area contributed by atoms with Crippen molar-refractivity contribution in [2.24, 2.45) is 0 Å². The van der Waals surface area contributed by atoms with Gasteiger partial charge in [-0.15, -0.1) is 0 Å². The van der Waals surface area contributed by atoms with E-state index in [-0.39, 0.29) is 16.6 Å². The highest BCUT2D eigenvalue weighted by molar-refractivity contribution is 7.89. The number of methoxy groups -OCH3 is 1. The van der Waals surface area contributed by atoms with Gasteiger partial charge >= 0.3 is 0 Å². The van der Waals surface area contributed by atoms with Crippen LogP contribution < -0.4 is 14.8 Å². The SMILES string of the molecule is COc1ccc(NC(=O)C2Cc3cc(Cl)ccc3O2)cc1S(=O)(=O)N1CCCCC1. The first-order valence-electron chi connectivity index (χ1n) is 9.82. The van der Waals surface area contributed by atoms with Gasteiger partial charge in [-0.2, -0.15) is 4.31 Å². The van der Waals surface area contributed by atoms with Crippen LogP contribution >= 0.6 is 11.6 Å². The van der Waals surface area contributed by atoms with Gasteiger partial charge in [-0.25, -0.2) is 8.42 Å². The second-order valence-corrected chi connectivity index (χ2v) is 9.73. The number of halogens is 1. The summed E-state index contributed by atoms with van der Waals surface area (Å²) in [4.78, 5) is 12.8. The normalized spacial score (nSPS) is 19.1. The van der Waals surface area contributed by atoms with Gasteiger partial charge in [-0.1, -0.05) is 18.0 Å². The van der Waals surface area contributed by atoms with Crippen LogP contribution in [0.15, 0.2) is 41.3 Å². The molecule has 1 atom stereocenters. The molecular formula is C21H23ClN2O5S. The number of hydrogen-bond donors (Lipinski definition) is 1. The van der Waals surface area contributed by atoms with Crippen molar-refractivity contribution in [1.29, 1.82) is 0 Å². The lowest BCUT2D eigenvalue weighted by Gasteiger charge is -2.26. The lowest BCUT2D eigenvalue weighted by molar-refractivity contribution is -0.122. The van der Waals surface area contributed by atoms with Crippen molar-refractivity contribution < 1.29 is 22.7 Å². The molecule has 1 unspecified atom stereocenters. The molecule has 2 aliphatic rings. The van der Waals surface area contributed by atoms with Crippen molar-refractivity contribution in [2.45, 2.75) is 36.7 Å². The van der Waals surface area contributed by atoms with Crippen LogP contribution in [0.1, 0.15) is 24.8 Å². The second-order valence-electron chi connectivity index (χ2n) is 7.38. The molecule has 160 valence electrons. The zero-order valence-electron chi connectivity index (χ0n) is 16.6. The average molecular weight is 451 g/mol. The minimum atomic E-state index is -3.72. The summed E-state index contributed by atoms with van der Waals surface area (Å²) in [7, 11) is -2.29. The Morgan fingerprint density at radius 1 is 1.17 bits per heavy atom. The summed E-state index contributed by atoms with van der Waals surface area (Å²) >= 11 is 6.00. The number of carbonyl (C=O) groups is 1. The van der Waals surface area contributed by atoms with E-state index < -0.39 is 16.1 Å². The van der Waals surface area contributed by atoms with Crippen LogP contribution in [-0.4, -0.2) is 44.9 Å². The molecule has 4 rings (SSSR count). The predicted molar refractivity (Wildman–Crippen MR) is 114 cm³/mol. The highest BCUT2D eigenvalue weighted by atomic mass is 35.5.